The fraction of sp³-hybridized carbons (Fsp3) is 0.667. The molecule has 3 rings (SSSR count). The first-order chi connectivity index (χ1) is 14.3. The lowest BCUT2D eigenvalue weighted by Gasteiger charge is -2.12. The Labute approximate surface area is 177 Å². The Bertz CT molecular complexity index is 776. The lowest BCUT2D eigenvalue weighted by atomic mass is 9.95. The van der Waals surface area contributed by atoms with Crippen LogP contribution < -0.4 is 0 Å². The molecule has 0 aromatic heterocycles. The number of carboxylic acid groups (broad SMARTS) is 2. The minimum absolute atomic E-state index is 0.0515. The van der Waals surface area contributed by atoms with Crippen LogP contribution in [0.3, 0.4) is 0 Å². The molecular formula is C24H34O6. The summed E-state index contributed by atoms with van der Waals surface area (Å²) in [7, 11) is 0. The van der Waals surface area contributed by atoms with Crippen molar-refractivity contribution in [3.05, 3.63) is 23.3 Å². The highest BCUT2D eigenvalue weighted by molar-refractivity contribution is 5.78. The van der Waals surface area contributed by atoms with Crippen LogP contribution >= 0.6 is 0 Å². The second-order valence-electron chi connectivity index (χ2n) is 9.41. The van der Waals surface area contributed by atoms with Gasteiger partial charge in [-0.3, -0.25) is 9.59 Å². The summed E-state index contributed by atoms with van der Waals surface area (Å²) in [4.78, 5) is 22.4. The van der Waals surface area contributed by atoms with Gasteiger partial charge in [0.15, 0.2) is 11.5 Å². The van der Waals surface area contributed by atoms with Gasteiger partial charge >= 0.3 is 11.9 Å². The Balaban J connectivity index is 1.38. The minimum Gasteiger partial charge on any atom is -0.504 e. The number of hydrogen-bond acceptors (Lipinski definition) is 4. The highest BCUT2D eigenvalue weighted by Gasteiger charge is 2.49. The van der Waals surface area contributed by atoms with Gasteiger partial charge < -0.3 is 20.4 Å². The average Bonchev–Trinajstić information content (AvgIpc) is 3.60. The predicted octanol–water partition coefficient (Wildman–Crippen LogP) is 5.03. The summed E-state index contributed by atoms with van der Waals surface area (Å²) in [5.74, 6) is -1.48. The van der Waals surface area contributed by atoms with Gasteiger partial charge in [-0.15, -0.1) is 0 Å². The van der Waals surface area contributed by atoms with Crippen molar-refractivity contribution in [1.29, 1.82) is 0 Å². The Morgan fingerprint density at radius 1 is 0.733 bits per heavy atom. The molecule has 0 atom stereocenters. The van der Waals surface area contributed by atoms with Crippen molar-refractivity contribution >= 4 is 11.9 Å². The van der Waals surface area contributed by atoms with Crippen LogP contribution in [0.25, 0.3) is 0 Å². The number of aliphatic carboxylic acids is 2. The van der Waals surface area contributed by atoms with Gasteiger partial charge in [0.1, 0.15) is 0 Å². The van der Waals surface area contributed by atoms with Crippen molar-refractivity contribution < 1.29 is 30.0 Å². The van der Waals surface area contributed by atoms with Crippen LogP contribution in [-0.2, 0) is 22.4 Å². The van der Waals surface area contributed by atoms with Gasteiger partial charge in [-0.05, 0) is 81.4 Å². The molecule has 2 aliphatic rings. The average molecular weight is 419 g/mol. The lowest BCUT2D eigenvalue weighted by Crippen LogP contribution is -2.14. The summed E-state index contributed by atoms with van der Waals surface area (Å²) in [5.41, 5.74) is 0.796. The molecule has 1 aromatic carbocycles. The number of aryl methyl sites for hydroxylation is 2. The molecule has 30 heavy (non-hydrogen) atoms. The number of carboxylic acids is 2. The van der Waals surface area contributed by atoms with Crippen LogP contribution in [0.4, 0.5) is 0 Å². The molecule has 0 amide bonds. The monoisotopic (exact) mass is 418 g/mol. The zero-order chi connectivity index (χ0) is 21.8. The molecule has 2 aliphatic carbocycles. The van der Waals surface area contributed by atoms with Gasteiger partial charge in [0, 0.05) is 0 Å². The summed E-state index contributed by atoms with van der Waals surface area (Å²) in [6, 6.07) is 3.55. The van der Waals surface area contributed by atoms with Crippen LogP contribution in [-0.4, -0.2) is 32.4 Å². The van der Waals surface area contributed by atoms with E-state index in [1.54, 1.807) is 6.07 Å². The van der Waals surface area contributed by atoms with E-state index in [0.717, 1.165) is 88.2 Å². The molecule has 6 nitrogen and oxygen atoms in total. The first-order valence-electron chi connectivity index (χ1n) is 11.3. The second kappa shape index (κ2) is 9.27. The molecule has 0 bridgehead atoms. The standard InChI is InChI=1S/C24H34O6/c25-19-16-17(7-4-6-10-24(13-14-24)22(29)30)15-18(20(19)26)8-3-1-2-5-9-23(11-12-23)21(27)28/h15-16,25-26H,1-14H2,(H,27,28)(H,29,30). The third-order valence-electron chi connectivity index (χ3n) is 7.07. The highest BCUT2D eigenvalue weighted by Crippen LogP contribution is 2.50. The van der Waals surface area contributed by atoms with Gasteiger partial charge in [0.2, 0.25) is 0 Å². The smallest absolute Gasteiger partial charge is 0.309 e. The van der Waals surface area contributed by atoms with E-state index in [1.165, 1.54) is 0 Å². The molecule has 6 heteroatoms. The molecule has 0 unspecified atom stereocenters. The number of phenols is 2. The summed E-state index contributed by atoms with van der Waals surface area (Å²) >= 11 is 0. The SMILES string of the molecule is O=C(O)C1(CCCCCCc2cc(CCCCC3(C(=O)O)CC3)cc(O)c2O)CC1. The molecular weight excluding hydrogens is 384 g/mol. The van der Waals surface area contributed by atoms with Crippen molar-refractivity contribution in [2.45, 2.75) is 89.9 Å². The summed E-state index contributed by atoms with van der Waals surface area (Å²) in [6.07, 6.45) is 11.5. The Morgan fingerprint density at radius 3 is 1.77 bits per heavy atom. The predicted molar refractivity (Wildman–Crippen MR) is 113 cm³/mol. The van der Waals surface area contributed by atoms with Crippen molar-refractivity contribution in [1.82, 2.24) is 0 Å². The molecule has 2 fully saturated rings. The maximum atomic E-state index is 11.2. The maximum absolute atomic E-state index is 11.2. The third kappa shape index (κ3) is 5.46. The van der Waals surface area contributed by atoms with E-state index >= 15 is 0 Å². The number of phenolic OH excluding ortho intramolecular Hbond substituents is 2. The fourth-order valence-corrected chi connectivity index (χ4v) is 4.45. The number of aromatic hydroxyl groups is 2. The number of carbonyl (C=O) groups is 2. The zero-order valence-electron chi connectivity index (χ0n) is 17.7. The van der Waals surface area contributed by atoms with E-state index in [-0.39, 0.29) is 11.5 Å². The first kappa shape index (κ1) is 22.4. The summed E-state index contributed by atoms with van der Waals surface area (Å²) in [6.45, 7) is 0. The van der Waals surface area contributed by atoms with Gasteiger partial charge in [0.05, 0.1) is 10.8 Å². The van der Waals surface area contributed by atoms with Crippen LogP contribution in [0.2, 0.25) is 0 Å². The van der Waals surface area contributed by atoms with Crippen molar-refractivity contribution in [3.8, 4) is 11.5 Å². The Morgan fingerprint density at radius 2 is 1.23 bits per heavy atom. The molecule has 0 aliphatic heterocycles. The van der Waals surface area contributed by atoms with Crippen LogP contribution in [0.15, 0.2) is 12.1 Å². The molecule has 166 valence electrons. The summed E-state index contributed by atoms with van der Waals surface area (Å²) in [5, 5.41) is 38.7. The number of rotatable bonds is 14. The van der Waals surface area contributed by atoms with Gasteiger partial charge in [0.25, 0.3) is 0 Å². The van der Waals surface area contributed by atoms with Crippen molar-refractivity contribution in [2.24, 2.45) is 10.8 Å². The number of hydrogen-bond donors (Lipinski definition) is 4. The number of benzene rings is 1. The normalized spacial score (nSPS) is 18.1. The van der Waals surface area contributed by atoms with Gasteiger partial charge in [-0.25, -0.2) is 0 Å². The topological polar surface area (TPSA) is 115 Å². The largest absolute Gasteiger partial charge is 0.504 e. The lowest BCUT2D eigenvalue weighted by molar-refractivity contribution is -0.144. The van der Waals surface area contributed by atoms with E-state index in [4.69, 9.17) is 0 Å². The third-order valence-corrected chi connectivity index (χ3v) is 7.07. The molecule has 1 aromatic rings. The molecule has 0 saturated heterocycles. The quantitative estimate of drug-likeness (QED) is 0.249. The zero-order valence-corrected chi connectivity index (χ0v) is 17.7. The van der Waals surface area contributed by atoms with Crippen molar-refractivity contribution in [2.75, 3.05) is 0 Å². The van der Waals surface area contributed by atoms with E-state index in [0.29, 0.717) is 12.8 Å². The fourth-order valence-electron chi connectivity index (χ4n) is 4.45. The van der Waals surface area contributed by atoms with E-state index in [9.17, 15) is 30.0 Å². The Kier molecular flexibility index (Phi) is 6.94. The van der Waals surface area contributed by atoms with Gasteiger partial charge in [-0.2, -0.15) is 0 Å². The highest BCUT2D eigenvalue weighted by atomic mass is 16.4. The van der Waals surface area contributed by atoms with E-state index < -0.39 is 22.8 Å². The molecule has 0 radical (unpaired) electrons. The van der Waals surface area contributed by atoms with E-state index in [2.05, 4.69) is 0 Å². The van der Waals surface area contributed by atoms with Crippen LogP contribution in [0.1, 0.15) is 88.2 Å². The molecule has 0 heterocycles. The first-order valence-corrected chi connectivity index (χ1v) is 11.3. The van der Waals surface area contributed by atoms with Gasteiger partial charge in [-0.1, -0.05) is 31.7 Å². The second-order valence-corrected chi connectivity index (χ2v) is 9.41. The minimum atomic E-state index is -0.678. The summed E-state index contributed by atoms with van der Waals surface area (Å²) < 4.78 is 0. The maximum Gasteiger partial charge on any atom is 0.309 e. The van der Waals surface area contributed by atoms with Crippen LogP contribution in [0.5, 0.6) is 11.5 Å². The Hall–Kier alpha value is -2.24. The molecule has 2 saturated carbocycles. The van der Waals surface area contributed by atoms with Crippen LogP contribution in [0, 0.1) is 10.8 Å². The van der Waals surface area contributed by atoms with E-state index in [1.807, 2.05) is 6.07 Å². The number of unbranched alkanes of at least 4 members (excludes halogenated alkanes) is 4. The van der Waals surface area contributed by atoms with Crippen molar-refractivity contribution in [3.63, 3.8) is 0 Å². The molecule has 4 N–H and O–H groups in total. The molecule has 0 spiro atoms.